The summed E-state index contributed by atoms with van der Waals surface area (Å²) in [5.74, 6) is 1.87. The zero-order valence-corrected chi connectivity index (χ0v) is 29.1. The minimum Gasteiger partial charge on any atom is -0.256 e. The number of hydrogen-bond donors (Lipinski definition) is 0. The van der Waals surface area contributed by atoms with Crippen LogP contribution >= 0.6 is 0 Å². The lowest BCUT2D eigenvalue weighted by atomic mass is 9.89. The van der Waals surface area contributed by atoms with Crippen molar-refractivity contribution in [3.05, 3.63) is 194 Å². The molecule has 5 heteroatoms. The van der Waals surface area contributed by atoms with E-state index < -0.39 is 0 Å². The molecule has 9 rings (SSSR count). The van der Waals surface area contributed by atoms with Crippen LogP contribution in [-0.2, 0) is 0 Å². The zero-order chi connectivity index (χ0) is 36.3. The van der Waals surface area contributed by atoms with Gasteiger partial charge in [0.25, 0.3) is 0 Å². The fraction of sp³-hybridized carbons (Fsp3) is 0. The molecular formula is C49H31N5. The summed E-state index contributed by atoms with van der Waals surface area (Å²) in [4.78, 5) is 19.3. The monoisotopic (exact) mass is 689 g/mol. The molecule has 0 aliphatic carbocycles. The number of nitriles is 1. The van der Waals surface area contributed by atoms with Crippen LogP contribution in [0.15, 0.2) is 188 Å². The highest BCUT2D eigenvalue weighted by atomic mass is 15.0. The first-order valence-corrected chi connectivity index (χ1v) is 17.8. The molecule has 7 aromatic carbocycles. The average Bonchev–Trinajstić information content (AvgIpc) is 3.26. The largest absolute Gasteiger partial charge is 0.256 e. The van der Waals surface area contributed by atoms with Crippen molar-refractivity contribution in [1.82, 2.24) is 19.9 Å². The van der Waals surface area contributed by atoms with E-state index in [1.54, 1.807) is 6.20 Å². The van der Waals surface area contributed by atoms with Crippen LogP contribution < -0.4 is 0 Å². The molecular weight excluding hydrogens is 659 g/mol. The van der Waals surface area contributed by atoms with E-state index in [2.05, 4.69) is 102 Å². The zero-order valence-electron chi connectivity index (χ0n) is 29.1. The average molecular weight is 690 g/mol. The summed E-state index contributed by atoms with van der Waals surface area (Å²) < 4.78 is 0. The molecule has 54 heavy (non-hydrogen) atoms. The Labute approximate surface area is 313 Å². The van der Waals surface area contributed by atoms with Gasteiger partial charge in [-0.15, -0.1) is 0 Å². The Bertz CT molecular complexity index is 2750. The van der Waals surface area contributed by atoms with Crippen molar-refractivity contribution in [2.24, 2.45) is 0 Å². The Morgan fingerprint density at radius 2 is 0.852 bits per heavy atom. The van der Waals surface area contributed by atoms with Gasteiger partial charge in [0.05, 0.1) is 17.3 Å². The van der Waals surface area contributed by atoms with Crippen LogP contribution in [0.5, 0.6) is 0 Å². The SMILES string of the molecule is N#Cc1cc(-c2ccc(-c3ccccn3)cc2)cc(-c2ccc(-c3cccc(-c4nc(-c5ccccc5)nc(-c5ccccc5)n4)c3)c3ccccc23)c1. The summed E-state index contributed by atoms with van der Waals surface area (Å²) in [6.07, 6.45) is 1.80. The molecule has 0 unspecified atom stereocenters. The predicted molar refractivity (Wildman–Crippen MR) is 218 cm³/mol. The van der Waals surface area contributed by atoms with Crippen LogP contribution in [0.3, 0.4) is 0 Å². The highest BCUT2D eigenvalue weighted by Crippen LogP contribution is 2.39. The second-order valence-corrected chi connectivity index (χ2v) is 13.0. The number of fused-ring (bicyclic) bond motifs is 1. The Balaban J connectivity index is 1.12. The lowest BCUT2D eigenvalue weighted by Gasteiger charge is -2.14. The normalized spacial score (nSPS) is 10.9. The maximum atomic E-state index is 10.1. The van der Waals surface area contributed by atoms with Crippen molar-refractivity contribution in [2.45, 2.75) is 0 Å². The van der Waals surface area contributed by atoms with Crippen LogP contribution in [-0.4, -0.2) is 19.9 Å². The molecule has 0 aliphatic rings. The molecule has 2 aromatic heterocycles. The Morgan fingerprint density at radius 3 is 1.46 bits per heavy atom. The van der Waals surface area contributed by atoms with Crippen molar-refractivity contribution in [1.29, 1.82) is 5.26 Å². The Hall–Kier alpha value is -7.55. The smallest absolute Gasteiger partial charge is 0.164 e. The third kappa shape index (κ3) is 6.41. The van der Waals surface area contributed by atoms with Gasteiger partial charge in [-0.1, -0.05) is 146 Å². The van der Waals surface area contributed by atoms with E-state index in [0.29, 0.717) is 23.0 Å². The van der Waals surface area contributed by atoms with Crippen molar-refractivity contribution in [2.75, 3.05) is 0 Å². The second kappa shape index (κ2) is 14.2. The third-order valence-corrected chi connectivity index (χ3v) is 9.61. The lowest BCUT2D eigenvalue weighted by Crippen LogP contribution is -2.00. The number of hydrogen-bond acceptors (Lipinski definition) is 5. The summed E-state index contributed by atoms with van der Waals surface area (Å²) in [5.41, 5.74) is 11.6. The first-order valence-electron chi connectivity index (χ1n) is 17.8. The third-order valence-electron chi connectivity index (χ3n) is 9.61. The topological polar surface area (TPSA) is 75.3 Å². The fourth-order valence-electron chi connectivity index (χ4n) is 6.95. The number of nitrogens with zero attached hydrogens (tertiary/aromatic N) is 5. The molecule has 0 N–H and O–H groups in total. The van der Waals surface area contributed by atoms with Gasteiger partial charge in [0, 0.05) is 28.5 Å². The summed E-state index contributed by atoms with van der Waals surface area (Å²) in [7, 11) is 0. The highest BCUT2D eigenvalue weighted by molar-refractivity contribution is 6.05. The molecule has 0 radical (unpaired) electrons. The van der Waals surface area contributed by atoms with Crippen molar-refractivity contribution in [3.63, 3.8) is 0 Å². The van der Waals surface area contributed by atoms with E-state index in [9.17, 15) is 5.26 Å². The molecule has 9 aromatic rings. The van der Waals surface area contributed by atoms with Gasteiger partial charge >= 0.3 is 0 Å². The maximum absolute atomic E-state index is 10.1. The number of benzene rings is 7. The van der Waals surface area contributed by atoms with Gasteiger partial charge in [-0.25, -0.2) is 15.0 Å². The maximum Gasteiger partial charge on any atom is 0.164 e. The van der Waals surface area contributed by atoms with Crippen molar-refractivity contribution < 1.29 is 0 Å². The molecule has 2 heterocycles. The minimum atomic E-state index is 0.610. The quantitative estimate of drug-likeness (QED) is 0.166. The Morgan fingerprint density at radius 1 is 0.352 bits per heavy atom. The highest BCUT2D eigenvalue weighted by Gasteiger charge is 2.15. The molecule has 0 aliphatic heterocycles. The summed E-state index contributed by atoms with van der Waals surface area (Å²) in [6, 6.07) is 64.0. The van der Waals surface area contributed by atoms with E-state index >= 15 is 0 Å². The predicted octanol–water partition coefficient (Wildman–Crippen LogP) is 12.0. The summed E-state index contributed by atoms with van der Waals surface area (Å²) in [5, 5.41) is 12.3. The van der Waals surface area contributed by atoms with E-state index in [-0.39, 0.29) is 0 Å². The summed E-state index contributed by atoms with van der Waals surface area (Å²) in [6.45, 7) is 0. The van der Waals surface area contributed by atoms with Gasteiger partial charge in [0.15, 0.2) is 17.5 Å². The van der Waals surface area contributed by atoms with Gasteiger partial charge in [0.1, 0.15) is 0 Å². The second-order valence-electron chi connectivity index (χ2n) is 13.0. The standard InChI is InChI=1S/C49H31N5/c50-32-33-28-40(34-21-23-35(24-22-34)46-20-9-10-27-51-46)31-41(29-33)43-26-25-42(44-18-7-8-19-45(43)44)38-16-11-17-39(30-38)49-53-47(36-12-3-1-4-13-36)52-48(54-49)37-14-5-2-6-15-37/h1-31H. The van der Waals surface area contributed by atoms with Gasteiger partial charge in [0.2, 0.25) is 0 Å². The molecule has 252 valence electrons. The number of pyridine rings is 1. The summed E-state index contributed by atoms with van der Waals surface area (Å²) >= 11 is 0. The van der Waals surface area contributed by atoms with Crippen LogP contribution in [0.25, 0.3) is 89.6 Å². The molecule has 0 fully saturated rings. The minimum absolute atomic E-state index is 0.610. The molecule has 0 saturated carbocycles. The lowest BCUT2D eigenvalue weighted by molar-refractivity contribution is 1.07. The van der Waals surface area contributed by atoms with Crippen LogP contribution in [0.1, 0.15) is 5.56 Å². The van der Waals surface area contributed by atoms with Crippen molar-refractivity contribution in [3.8, 4) is 84.9 Å². The number of aromatic nitrogens is 4. The first kappa shape index (κ1) is 32.4. The van der Waals surface area contributed by atoms with Gasteiger partial charge in [-0.2, -0.15) is 5.26 Å². The van der Waals surface area contributed by atoms with Gasteiger partial charge in [-0.3, -0.25) is 4.98 Å². The van der Waals surface area contributed by atoms with Crippen LogP contribution in [0.4, 0.5) is 0 Å². The molecule has 5 nitrogen and oxygen atoms in total. The molecule has 0 atom stereocenters. The van der Waals surface area contributed by atoms with E-state index in [1.807, 2.05) is 91.0 Å². The fourth-order valence-corrected chi connectivity index (χ4v) is 6.95. The Kier molecular flexibility index (Phi) is 8.53. The molecule has 0 bridgehead atoms. The van der Waals surface area contributed by atoms with Gasteiger partial charge < -0.3 is 0 Å². The van der Waals surface area contributed by atoms with E-state index in [4.69, 9.17) is 15.0 Å². The van der Waals surface area contributed by atoms with Crippen LogP contribution in [0, 0.1) is 11.3 Å². The molecule has 0 spiro atoms. The van der Waals surface area contributed by atoms with Crippen molar-refractivity contribution >= 4 is 10.8 Å². The van der Waals surface area contributed by atoms with Gasteiger partial charge in [-0.05, 0) is 80.6 Å². The first-order chi connectivity index (χ1) is 26.7. The molecule has 0 amide bonds. The number of rotatable bonds is 7. The van der Waals surface area contributed by atoms with E-state index in [0.717, 1.165) is 72.1 Å². The van der Waals surface area contributed by atoms with Crippen LogP contribution in [0.2, 0.25) is 0 Å². The van der Waals surface area contributed by atoms with E-state index in [1.165, 1.54) is 0 Å². The molecule has 0 saturated heterocycles.